The summed E-state index contributed by atoms with van der Waals surface area (Å²) in [6.07, 6.45) is -5.14. The van der Waals surface area contributed by atoms with Gasteiger partial charge in [-0.1, -0.05) is 60.3 Å². The summed E-state index contributed by atoms with van der Waals surface area (Å²) in [6, 6.07) is 17.9. The Labute approximate surface area is 153 Å². The second-order valence-electron chi connectivity index (χ2n) is 5.99. The highest BCUT2D eigenvalue weighted by molar-refractivity contribution is 8.14. The minimum absolute atomic E-state index is 0.208. The Morgan fingerprint density at radius 1 is 1.08 bits per heavy atom. The van der Waals surface area contributed by atoms with Gasteiger partial charge in [-0.15, -0.1) is 0 Å². The van der Waals surface area contributed by atoms with Gasteiger partial charge in [-0.05, 0) is 17.7 Å². The van der Waals surface area contributed by atoms with Crippen molar-refractivity contribution in [2.24, 2.45) is 4.99 Å². The lowest BCUT2D eigenvalue weighted by atomic mass is 10.2. The predicted molar refractivity (Wildman–Crippen MR) is 97.1 cm³/mol. The van der Waals surface area contributed by atoms with Crippen LogP contribution in [0.4, 0.5) is 13.2 Å². The number of hydrogen-bond donors (Lipinski definition) is 0. The van der Waals surface area contributed by atoms with Gasteiger partial charge in [0.15, 0.2) is 5.17 Å². The molecule has 3 nitrogen and oxygen atoms in total. The first kappa shape index (κ1) is 18.5. The van der Waals surface area contributed by atoms with Crippen LogP contribution in [0.2, 0.25) is 0 Å². The minimum atomic E-state index is -4.24. The third kappa shape index (κ3) is 5.11. The number of alkyl halides is 3. The average Bonchev–Trinajstić information content (AvgIpc) is 2.95. The highest BCUT2D eigenvalue weighted by Gasteiger charge is 2.38. The van der Waals surface area contributed by atoms with Gasteiger partial charge in [0.1, 0.15) is 0 Å². The third-order valence-corrected chi connectivity index (χ3v) is 5.07. The van der Waals surface area contributed by atoms with Crippen LogP contribution in [-0.2, 0) is 6.54 Å². The Balaban J connectivity index is 1.81. The van der Waals surface area contributed by atoms with Gasteiger partial charge in [0.05, 0.1) is 6.42 Å². The number of rotatable bonds is 4. The number of carbonyl (C=O) groups is 1. The molecule has 0 bridgehead atoms. The lowest BCUT2D eigenvalue weighted by molar-refractivity contribution is -0.134. The zero-order valence-corrected chi connectivity index (χ0v) is 14.6. The Bertz CT molecular complexity index is 778. The van der Waals surface area contributed by atoms with E-state index in [4.69, 9.17) is 0 Å². The number of thioether (sulfide) groups is 1. The summed E-state index contributed by atoms with van der Waals surface area (Å²) in [5.74, 6) is -0.446. The maximum atomic E-state index is 12.8. The summed E-state index contributed by atoms with van der Waals surface area (Å²) in [7, 11) is 0. The van der Waals surface area contributed by atoms with E-state index < -0.39 is 23.8 Å². The predicted octanol–water partition coefficient (Wildman–Crippen LogP) is 4.75. The molecule has 0 aliphatic carbocycles. The molecule has 1 amide bonds. The lowest BCUT2D eigenvalue weighted by Gasteiger charge is -2.18. The topological polar surface area (TPSA) is 32.7 Å². The van der Waals surface area contributed by atoms with Gasteiger partial charge in [-0.3, -0.25) is 4.79 Å². The highest BCUT2D eigenvalue weighted by Crippen LogP contribution is 2.35. The summed E-state index contributed by atoms with van der Waals surface area (Å²) in [4.78, 5) is 18.2. The summed E-state index contributed by atoms with van der Waals surface area (Å²) in [6.45, 7) is 0.628. The molecule has 136 valence electrons. The van der Waals surface area contributed by atoms with Gasteiger partial charge >= 0.3 is 6.18 Å². The number of carbonyl (C=O) groups excluding carboxylic acids is 1. The fraction of sp³-hybridized carbons (Fsp3) is 0.263. The first-order valence-electron chi connectivity index (χ1n) is 8.11. The van der Waals surface area contributed by atoms with Crippen molar-refractivity contribution >= 4 is 22.8 Å². The monoisotopic (exact) mass is 378 g/mol. The number of halogens is 3. The Hall–Kier alpha value is -2.28. The van der Waals surface area contributed by atoms with Crippen LogP contribution in [0.15, 0.2) is 65.7 Å². The molecular weight excluding hydrogens is 361 g/mol. The zero-order chi connectivity index (χ0) is 18.6. The van der Waals surface area contributed by atoms with Crippen LogP contribution < -0.4 is 0 Å². The van der Waals surface area contributed by atoms with Crippen molar-refractivity contribution in [3.63, 3.8) is 0 Å². The van der Waals surface area contributed by atoms with Crippen molar-refractivity contribution in [1.82, 2.24) is 4.90 Å². The van der Waals surface area contributed by atoms with E-state index in [1.807, 2.05) is 30.3 Å². The van der Waals surface area contributed by atoms with Crippen molar-refractivity contribution in [1.29, 1.82) is 0 Å². The van der Waals surface area contributed by atoms with Gasteiger partial charge in [-0.2, -0.15) is 18.2 Å². The van der Waals surface area contributed by atoms with Crippen molar-refractivity contribution in [3.05, 3.63) is 71.8 Å². The quantitative estimate of drug-likeness (QED) is 0.770. The molecule has 0 radical (unpaired) electrons. The van der Waals surface area contributed by atoms with E-state index in [2.05, 4.69) is 4.99 Å². The molecule has 0 spiro atoms. The molecule has 2 aromatic carbocycles. The highest BCUT2D eigenvalue weighted by atomic mass is 32.2. The Kier molecular flexibility index (Phi) is 5.66. The van der Waals surface area contributed by atoms with Crippen molar-refractivity contribution in [2.45, 2.75) is 24.4 Å². The summed E-state index contributed by atoms with van der Waals surface area (Å²) in [5.41, 5.74) is 1.38. The van der Waals surface area contributed by atoms with Gasteiger partial charge in [0, 0.05) is 23.9 Å². The molecule has 1 aliphatic rings. The van der Waals surface area contributed by atoms with E-state index in [1.165, 1.54) is 0 Å². The van der Waals surface area contributed by atoms with Crippen molar-refractivity contribution in [3.8, 4) is 0 Å². The van der Waals surface area contributed by atoms with Crippen LogP contribution >= 0.6 is 11.8 Å². The molecule has 1 saturated heterocycles. The van der Waals surface area contributed by atoms with E-state index >= 15 is 0 Å². The van der Waals surface area contributed by atoms with E-state index in [1.54, 1.807) is 35.2 Å². The van der Waals surface area contributed by atoms with E-state index in [0.29, 0.717) is 17.3 Å². The van der Waals surface area contributed by atoms with Gasteiger partial charge in [0.2, 0.25) is 0 Å². The first-order valence-corrected chi connectivity index (χ1v) is 8.99. The summed E-state index contributed by atoms with van der Waals surface area (Å²) >= 11 is 1.02. The number of nitrogens with zero attached hydrogens (tertiary/aromatic N) is 2. The third-order valence-electron chi connectivity index (χ3n) is 3.86. The van der Waals surface area contributed by atoms with Crippen LogP contribution in [0.5, 0.6) is 0 Å². The fourth-order valence-corrected chi connectivity index (χ4v) is 3.96. The van der Waals surface area contributed by atoms with Crippen LogP contribution in [0.3, 0.4) is 0 Å². The van der Waals surface area contributed by atoms with Crippen LogP contribution in [0.1, 0.15) is 22.3 Å². The molecule has 7 heteroatoms. The number of hydrogen-bond acceptors (Lipinski definition) is 2. The molecule has 1 atom stereocenters. The zero-order valence-electron chi connectivity index (χ0n) is 13.8. The maximum absolute atomic E-state index is 12.8. The second-order valence-corrected chi connectivity index (χ2v) is 7.26. The van der Waals surface area contributed by atoms with Gasteiger partial charge in [-0.25, -0.2) is 0 Å². The maximum Gasteiger partial charge on any atom is 0.390 e. The number of amides is 1. The average molecular weight is 378 g/mol. The molecule has 1 heterocycles. The molecule has 1 fully saturated rings. The molecule has 0 N–H and O–H groups in total. The normalized spacial score (nSPS) is 19.1. The molecule has 0 aromatic heterocycles. The van der Waals surface area contributed by atoms with Crippen LogP contribution in [0.25, 0.3) is 0 Å². The molecular formula is C19H17F3N2OS. The molecule has 2 aromatic rings. The molecule has 1 unspecified atom stereocenters. The van der Waals surface area contributed by atoms with Crippen molar-refractivity contribution < 1.29 is 18.0 Å². The summed E-state index contributed by atoms with van der Waals surface area (Å²) < 4.78 is 38.3. The van der Waals surface area contributed by atoms with Crippen LogP contribution in [0, 0.1) is 0 Å². The van der Waals surface area contributed by atoms with Crippen LogP contribution in [-0.4, -0.2) is 33.9 Å². The second kappa shape index (κ2) is 7.95. The first-order chi connectivity index (χ1) is 12.4. The number of aliphatic imine (C=N–C) groups is 1. The SMILES string of the molecule is O=C(N=C1SC(CC(F)(F)F)CN1Cc1ccccc1)c1ccccc1. The lowest BCUT2D eigenvalue weighted by Crippen LogP contribution is -2.27. The molecule has 26 heavy (non-hydrogen) atoms. The Morgan fingerprint density at radius 2 is 1.69 bits per heavy atom. The molecule has 3 rings (SSSR count). The largest absolute Gasteiger partial charge is 0.390 e. The smallest absolute Gasteiger partial charge is 0.346 e. The van der Waals surface area contributed by atoms with E-state index in [-0.39, 0.29) is 6.54 Å². The van der Waals surface area contributed by atoms with E-state index in [0.717, 1.165) is 17.3 Å². The molecule has 0 saturated carbocycles. The van der Waals surface area contributed by atoms with Crippen molar-refractivity contribution in [2.75, 3.05) is 6.54 Å². The fourth-order valence-electron chi connectivity index (χ4n) is 2.71. The van der Waals surface area contributed by atoms with Gasteiger partial charge in [0.25, 0.3) is 5.91 Å². The summed E-state index contributed by atoms with van der Waals surface area (Å²) in [5, 5.41) is -0.321. The standard InChI is InChI=1S/C19H17F3N2OS/c20-19(21,22)11-16-13-24(12-14-7-3-1-4-8-14)18(26-16)23-17(25)15-9-5-2-6-10-15/h1-10,16H,11-13H2. The minimum Gasteiger partial charge on any atom is -0.346 e. The number of benzene rings is 2. The van der Waals surface area contributed by atoms with Gasteiger partial charge < -0.3 is 4.90 Å². The Morgan fingerprint density at radius 3 is 2.31 bits per heavy atom. The molecule has 1 aliphatic heterocycles. The number of amidine groups is 1. The van der Waals surface area contributed by atoms with E-state index in [9.17, 15) is 18.0 Å².